The number of urea groups is 1. The Morgan fingerprint density at radius 1 is 1.29 bits per heavy atom. The van der Waals surface area contributed by atoms with Crippen LogP contribution < -0.4 is 10.2 Å². The molecule has 0 aliphatic carbocycles. The lowest BCUT2D eigenvalue weighted by molar-refractivity contribution is -0.384. The molecule has 8 nitrogen and oxygen atoms in total. The van der Waals surface area contributed by atoms with Crippen molar-refractivity contribution < 1.29 is 19.3 Å². The van der Waals surface area contributed by atoms with Crippen molar-refractivity contribution >= 4 is 40.8 Å². The molecule has 0 bridgehead atoms. The minimum atomic E-state index is -1.48. The normalized spacial score (nSPS) is 17.7. The van der Waals surface area contributed by atoms with Gasteiger partial charge in [0.05, 0.1) is 15.6 Å². The molecular formula is C12H10ClN3O5. The number of imide groups is 2. The van der Waals surface area contributed by atoms with Crippen LogP contribution in [0.25, 0.3) is 0 Å². The summed E-state index contributed by atoms with van der Waals surface area (Å²) in [6, 6.07) is 2.37. The number of carbonyl (C=O) groups excluding carboxylic acids is 3. The van der Waals surface area contributed by atoms with Crippen molar-refractivity contribution in [1.29, 1.82) is 0 Å². The lowest BCUT2D eigenvalue weighted by Crippen LogP contribution is -2.62. The van der Waals surface area contributed by atoms with Gasteiger partial charge in [-0.2, -0.15) is 0 Å². The molecule has 1 aliphatic rings. The SMILES string of the molecule is CC1(C)C(=O)NC(=O)N(c2cc([N+](=O)[O-])ccc2Cl)C1=O. The van der Waals surface area contributed by atoms with Crippen LogP contribution in [0, 0.1) is 15.5 Å². The predicted molar refractivity (Wildman–Crippen MR) is 72.9 cm³/mol. The van der Waals surface area contributed by atoms with E-state index in [0.717, 1.165) is 12.1 Å². The number of halogens is 1. The minimum absolute atomic E-state index is 0.0192. The van der Waals surface area contributed by atoms with E-state index in [1.165, 1.54) is 19.9 Å². The number of amides is 4. The predicted octanol–water partition coefficient (Wildman–Crippen LogP) is 1.86. The van der Waals surface area contributed by atoms with Crippen LogP contribution >= 0.6 is 11.6 Å². The maximum Gasteiger partial charge on any atom is 0.335 e. The zero-order valence-electron chi connectivity index (χ0n) is 11.0. The van der Waals surface area contributed by atoms with E-state index < -0.39 is 28.2 Å². The highest BCUT2D eigenvalue weighted by Crippen LogP contribution is 2.34. The van der Waals surface area contributed by atoms with Crippen molar-refractivity contribution in [3.05, 3.63) is 33.3 Å². The highest BCUT2D eigenvalue weighted by Gasteiger charge is 2.48. The average Bonchev–Trinajstić information content (AvgIpc) is 2.39. The largest absolute Gasteiger partial charge is 0.335 e. The fourth-order valence-corrected chi connectivity index (χ4v) is 1.98. The van der Waals surface area contributed by atoms with Crippen LogP contribution in [-0.2, 0) is 9.59 Å². The number of rotatable bonds is 2. The summed E-state index contributed by atoms with van der Waals surface area (Å²) in [5, 5.41) is 12.8. The number of barbiturate groups is 1. The molecule has 4 amide bonds. The van der Waals surface area contributed by atoms with E-state index in [9.17, 15) is 24.5 Å². The molecule has 1 aromatic rings. The van der Waals surface area contributed by atoms with Gasteiger partial charge in [0, 0.05) is 12.1 Å². The summed E-state index contributed by atoms with van der Waals surface area (Å²) in [6.07, 6.45) is 0. The van der Waals surface area contributed by atoms with Gasteiger partial charge in [0.1, 0.15) is 5.41 Å². The number of nitro groups is 1. The Labute approximate surface area is 123 Å². The lowest BCUT2D eigenvalue weighted by atomic mass is 9.88. The molecule has 9 heteroatoms. The molecule has 2 rings (SSSR count). The molecule has 0 radical (unpaired) electrons. The average molecular weight is 312 g/mol. The van der Waals surface area contributed by atoms with E-state index in [-0.39, 0.29) is 16.4 Å². The highest BCUT2D eigenvalue weighted by atomic mass is 35.5. The smallest absolute Gasteiger partial charge is 0.276 e. The molecule has 1 heterocycles. The van der Waals surface area contributed by atoms with Crippen molar-refractivity contribution in [2.75, 3.05) is 4.90 Å². The van der Waals surface area contributed by atoms with Gasteiger partial charge in [-0.3, -0.25) is 25.0 Å². The molecule has 21 heavy (non-hydrogen) atoms. The van der Waals surface area contributed by atoms with Gasteiger partial charge < -0.3 is 0 Å². The zero-order chi connectivity index (χ0) is 15.9. The van der Waals surface area contributed by atoms with Gasteiger partial charge >= 0.3 is 6.03 Å². The molecule has 1 N–H and O–H groups in total. The first kappa shape index (κ1) is 14.9. The highest BCUT2D eigenvalue weighted by molar-refractivity contribution is 6.37. The van der Waals surface area contributed by atoms with E-state index in [2.05, 4.69) is 0 Å². The molecule has 0 atom stereocenters. The van der Waals surface area contributed by atoms with Crippen LogP contribution in [0.5, 0.6) is 0 Å². The summed E-state index contributed by atoms with van der Waals surface area (Å²) >= 11 is 5.91. The number of nitrogens with one attached hydrogen (secondary N) is 1. The number of nitro benzene ring substituents is 1. The first-order valence-corrected chi connectivity index (χ1v) is 6.18. The van der Waals surface area contributed by atoms with Gasteiger partial charge in [-0.25, -0.2) is 9.69 Å². The van der Waals surface area contributed by atoms with Crippen LogP contribution in [0.2, 0.25) is 5.02 Å². The second kappa shape index (κ2) is 4.81. The summed E-state index contributed by atoms with van der Waals surface area (Å²) in [5.41, 5.74) is -1.96. The number of carbonyl (C=O) groups is 3. The van der Waals surface area contributed by atoms with Gasteiger partial charge in [0.15, 0.2) is 0 Å². The third-order valence-corrected chi connectivity index (χ3v) is 3.43. The molecule has 0 aromatic heterocycles. The Morgan fingerprint density at radius 3 is 2.48 bits per heavy atom. The topological polar surface area (TPSA) is 110 Å². The second-order valence-corrected chi connectivity index (χ2v) is 5.32. The van der Waals surface area contributed by atoms with Crippen LogP contribution in [0.15, 0.2) is 18.2 Å². The van der Waals surface area contributed by atoms with Gasteiger partial charge in [-0.1, -0.05) is 11.6 Å². The maximum atomic E-state index is 12.3. The number of benzene rings is 1. The maximum absolute atomic E-state index is 12.3. The summed E-state index contributed by atoms with van der Waals surface area (Å²) < 4.78 is 0. The van der Waals surface area contributed by atoms with E-state index in [0.29, 0.717) is 4.90 Å². The molecule has 0 spiro atoms. The molecule has 1 fully saturated rings. The van der Waals surface area contributed by atoms with E-state index in [1.54, 1.807) is 0 Å². The van der Waals surface area contributed by atoms with Gasteiger partial charge in [0.25, 0.3) is 5.69 Å². The number of non-ortho nitro benzene ring substituents is 1. The lowest BCUT2D eigenvalue weighted by Gasteiger charge is -2.34. The third-order valence-electron chi connectivity index (χ3n) is 3.11. The van der Waals surface area contributed by atoms with Crippen molar-refractivity contribution in [1.82, 2.24) is 5.32 Å². The summed E-state index contributed by atoms with van der Waals surface area (Å²) in [7, 11) is 0. The quantitative estimate of drug-likeness (QED) is 0.509. The summed E-state index contributed by atoms with van der Waals surface area (Å²) in [5.74, 6) is -1.55. The molecule has 0 saturated carbocycles. The van der Waals surface area contributed by atoms with E-state index in [1.807, 2.05) is 5.32 Å². The Bertz CT molecular complexity index is 685. The molecule has 1 aromatic carbocycles. The molecule has 0 unspecified atom stereocenters. The molecule has 1 saturated heterocycles. The summed E-state index contributed by atoms with van der Waals surface area (Å²) in [6.45, 7) is 2.69. The fraction of sp³-hybridized carbons (Fsp3) is 0.250. The molecule has 1 aliphatic heterocycles. The van der Waals surface area contributed by atoms with Crippen molar-refractivity contribution in [3.63, 3.8) is 0 Å². The van der Waals surface area contributed by atoms with Crippen LogP contribution in [0.3, 0.4) is 0 Å². The number of anilines is 1. The minimum Gasteiger partial charge on any atom is -0.276 e. The van der Waals surface area contributed by atoms with E-state index >= 15 is 0 Å². The van der Waals surface area contributed by atoms with Gasteiger partial charge in [-0.05, 0) is 19.9 Å². The third kappa shape index (κ3) is 2.33. The molecular weight excluding hydrogens is 302 g/mol. The monoisotopic (exact) mass is 311 g/mol. The van der Waals surface area contributed by atoms with Crippen LogP contribution in [0.1, 0.15) is 13.8 Å². The van der Waals surface area contributed by atoms with Crippen LogP contribution in [0.4, 0.5) is 16.2 Å². The van der Waals surface area contributed by atoms with Crippen molar-refractivity contribution in [3.8, 4) is 0 Å². The number of nitrogens with zero attached hydrogens (tertiary/aromatic N) is 2. The summed E-state index contributed by atoms with van der Waals surface area (Å²) in [4.78, 5) is 46.6. The second-order valence-electron chi connectivity index (χ2n) is 4.92. The number of hydrogen-bond acceptors (Lipinski definition) is 5. The first-order valence-electron chi connectivity index (χ1n) is 5.80. The molecule has 110 valence electrons. The Balaban J connectivity index is 2.57. The van der Waals surface area contributed by atoms with Gasteiger partial charge in [0.2, 0.25) is 11.8 Å². The Kier molecular flexibility index (Phi) is 3.42. The zero-order valence-corrected chi connectivity index (χ0v) is 11.8. The number of hydrogen-bond donors (Lipinski definition) is 1. The Morgan fingerprint density at radius 2 is 1.90 bits per heavy atom. The van der Waals surface area contributed by atoms with Gasteiger partial charge in [-0.15, -0.1) is 0 Å². The standard InChI is InChI=1S/C12H10ClN3O5/c1-12(2)9(17)14-11(19)15(10(12)18)8-5-6(16(20)21)3-4-7(8)13/h3-5H,1-2H3,(H,14,17,19). The van der Waals surface area contributed by atoms with Crippen LogP contribution in [-0.4, -0.2) is 22.8 Å². The Hall–Kier alpha value is -2.48. The first-order chi connectivity index (χ1) is 9.66. The van der Waals surface area contributed by atoms with Crippen molar-refractivity contribution in [2.45, 2.75) is 13.8 Å². The fourth-order valence-electron chi connectivity index (χ4n) is 1.78. The van der Waals surface area contributed by atoms with E-state index in [4.69, 9.17) is 11.6 Å². The van der Waals surface area contributed by atoms with Crippen molar-refractivity contribution in [2.24, 2.45) is 5.41 Å².